The number of carbonyl (C=O) groups is 1. The van der Waals surface area contributed by atoms with Crippen molar-refractivity contribution >= 4 is 11.9 Å². The average molecular weight is 355 g/mol. The number of aliphatic carboxylic acids is 1. The van der Waals surface area contributed by atoms with Crippen molar-refractivity contribution in [1.82, 2.24) is 4.98 Å². The molecule has 9 nitrogen and oxygen atoms in total. The molecule has 0 aliphatic carbocycles. The third kappa shape index (κ3) is 5.30. The standard InChI is InChI=1S/C15H20N2O7.CH4/c1-15(14(19)20)9-24-13(17-15)12-11(18)7-10(8-16-12)23-6-5-22-4-3-21-2;/h7-8,18H,3-6,9H2,1-2H3,(H,19,20);1H4/p-1. The van der Waals surface area contributed by atoms with Crippen LogP contribution < -0.4 is 9.84 Å². The second-order valence-electron chi connectivity index (χ2n) is 5.26. The predicted octanol–water partition coefficient (Wildman–Crippen LogP) is -0.249. The summed E-state index contributed by atoms with van der Waals surface area (Å²) in [4.78, 5) is 19.0. The van der Waals surface area contributed by atoms with Crippen LogP contribution in [-0.2, 0) is 19.0 Å². The van der Waals surface area contributed by atoms with Crippen LogP contribution in [0.2, 0.25) is 0 Å². The number of carboxylic acids is 1. The molecule has 0 aromatic carbocycles. The van der Waals surface area contributed by atoms with Crippen LogP contribution >= 0.6 is 0 Å². The number of aromatic nitrogens is 1. The topological polar surface area (TPSA) is 123 Å². The lowest BCUT2D eigenvalue weighted by atomic mass is 10.1. The lowest BCUT2D eigenvalue weighted by molar-refractivity contribution is -0.312. The number of aromatic hydroxyl groups is 1. The van der Waals surface area contributed by atoms with Crippen LogP contribution in [0.3, 0.4) is 0 Å². The molecule has 0 spiro atoms. The Kier molecular flexibility index (Phi) is 7.59. The van der Waals surface area contributed by atoms with Crippen molar-refractivity contribution in [2.75, 3.05) is 40.1 Å². The summed E-state index contributed by atoms with van der Waals surface area (Å²) in [6, 6.07) is 1.35. The third-order valence-corrected chi connectivity index (χ3v) is 3.25. The molecular formula is C16H23N2O7-. The molecule has 0 amide bonds. The molecule has 140 valence electrons. The molecule has 25 heavy (non-hydrogen) atoms. The fraction of sp³-hybridized carbons (Fsp3) is 0.562. The number of pyridine rings is 1. The molecule has 0 bridgehead atoms. The Labute approximate surface area is 146 Å². The maximum atomic E-state index is 11.0. The molecule has 1 aromatic rings. The highest BCUT2D eigenvalue weighted by atomic mass is 16.5. The summed E-state index contributed by atoms with van der Waals surface area (Å²) in [5.74, 6) is -1.29. The Morgan fingerprint density at radius 2 is 2.12 bits per heavy atom. The van der Waals surface area contributed by atoms with E-state index in [9.17, 15) is 15.0 Å². The van der Waals surface area contributed by atoms with Crippen LogP contribution in [0, 0.1) is 0 Å². The molecule has 1 N–H and O–H groups in total. The maximum Gasteiger partial charge on any atom is 0.240 e. The zero-order valence-corrected chi connectivity index (χ0v) is 13.5. The maximum absolute atomic E-state index is 11.0. The first kappa shape index (κ1) is 20.7. The molecule has 0 saturated heterocycles. The molecule has 9 heteroatoms. The molecule has 1 aromatic heterocycles. The SMILES string of the molecule is C.COCCOCCOc1cnc(C2=NC(C)(C(=O)[O-])CO2)c(O)c1. The van der Waals surface area contributed by atoms with Crippen molar-refractivity contribution in [3.05, 3.63) is 18.0 Å². The lowest BCUT2D eigenvalue weighted by Crippen LogP contribution is -2.45. The smallest absolute Gasteiger partial charge is 0.240 e. The molecule has 0 fully saturated rings. The lowest BCUT2D eigenvalue weighted by Gasteiger charge is -2.18. The molecule has 0 saturated carbocycles. The number of carboxylic acid groups (broad SMARTS) is 1. The van der Waals surface area contributed by atoms with Crippen molar-refractivity contribution in [3.8, 4) is 11.5 Å². The van der Waals surface area contributed by atoms with Crippen LogP contribution in [0.1, 0.15) is 20.0 Å². The zero-order chi connectivity index (χ0) is 17.6. The van der Waals surface area contributed by atoms with Crippen molar-refractivity contribution in [2.24, 2.45) is 4.99 Å². The number of carbonyl (C=O) groups excluding carboxylic acids is 1. The van der Waals surface area contributed by atoms with Crippen molar-refractivity contribution < 1.29 is 34.0 Å². The first-order valence-corrected chi connectivity index (χ1v) is 7.29. The third-order valence-electron chi connectivity index (χ3n) is 3.25. The van der Waals surface area contributed by atoms with Gasteiger partial charge in [0.25, 0.3) is 0 Å². The van der Waals surface area contributed by atoms with Gasteiger partial charge in [0.05, 0.1) is 32.0 Å². The fourth-order valence-electron chi connectivity index (χ4n) is 1.86. The second-order valence-corrected chi connectivity index (χ2v) is 5.26. The van der Waals surface area contributed by atoms with Gasteiger partial charge in [0.1, 0.15) is 24.5 Å². The monoisotopic (exact) mass is 355 g/mol. The Morgan fingerprint density at radius 1 is 1.40 bits per heavy atom. The number of nitrogens with zero attached hydrogens (tertiary/aromatic N) is 2. The van der Waals surface area contributed by atoms with E-state index in [1.54, 1.807) is 7.11 Å². The molecule has 2 heterocycles. The minimum Gasteiger partial charge on any atom is -0.547 e. The van der Waals surface area contributed by atoms with Crippen LogP contribution in [0.4, 0.5) is 0 Å². The van der Waals surface area contributed by atoms with Gasteiger partial charge in [-0.05, 0) is 6.92 Å². The first-order valence-electron chi connectivity index (χ1n) is 7.29. The number of hydrogen-bond donors (Lipinski definition) is 1. The van der Waals surface area contributed by atoms with E-state index in [1.807, 2.05) is 0 Å². The number of ether oxygens (including phenoxy) is 4. The van der Waals surface area contributed by atoms with Crippen molar-refractivity contribution in [2.45, 2.75) is 19.9 Å². The summed E-state index contributed by atoms with van der Waals surface area (Å²) < 4.78 is 20.7. The van der Waals surface area contributed by atoms with E-state index in [4.69, 9.17) is 18.9 Å². The van der Waals surface area contributed by atoms with Crippen LogP contribution in [0.15, 0.2) is 17.3 Å². The van der Waals surface area contributed by atoms with E-state index in [0.717, 1.165) is 0 Å². The van der Waals surface area contributed by atoms with E-state index in [2.05, 4.69) is 9.98 Å². The molecule has 2 rings (SSSR count). The summed E-state index contributed by atoms with van der Waals surface area (Å²) in [5, 5.41) is 21.1. The molecule has 1 unspecified atom stereocenters. The van der Waals surface area contributed by atoms with Gasteiger partial charge in [0.15, 0.2) is 11.4 Å². The van der Waals surface area contributed by atoms with Gasteiger partial charge in [-0.3, -0.25) is 0 Å². The zero-order valence-electron chi connectivity index (χ0n) is 13.5. The van der Waals surface area contributed by atoms with Crippen molar-refractivity contribution in [3.63, 3.8) is 0 Å². The number of hydrogen-bond acceptors (Lipinski definition) is 9. The van der Waals surface area contributed by atoms with Crippen molar-refractivity contribution in [1.29, 1.82) is 0 Å². The average Bonchev–Trinajstić information content (AvgIpc) is 2.94. The normalized spacial score (nSPS) is 18.9. The van der Waals surface area contributed by atoms with Gasteiger partial charge in [-0.1, -0.05) is 7.43 Å². The van der Waals surface area contributed by atoms with Gasteiger partial charge >= 0.3 is 0 Å². The van der Waals surface area contributed by atoms with E-state index in [0.29, 0.717) is 25.6 Å². The minimum absolute atomic E-state index is 0. The predicted molar refractivity (Wildman–Crippen MR) is 86.7 cm³/mol. The quantitative estimate of drug-likeness (QED) is 0.602. The summed E-state index contributed by atoms with van der Waals surface area (Å²) in [6.45, 7) is 2.81. The molecule has 1 aliphatic rings. The first-order chi connectivity index (χ1) is 11.5. The summed E-state index contributed by atoms with van der Waals surface area (Å²) in [6.07, 6.45) is 1.38. The van der Waals surface area contributed by atoms with Gasteiger partial charge in [0, 0.05) is 13.2 Å². The highest BCUT2D eigenvalue weighted by Gasteiger charge is 2.35. The van der Waals surface area contributed by atoms with Gasteiger partial charge in [-0.2, -0.15) is 0 Å². The van der Waals surface area contributed by atoms with E-state index < -0.39 is 11.5 Å². The van der Waals surface area contributed by atoms with Gasteiger partial charge in [-0.25, -0.2) is 9.98 Å². The molecule has 0 radical (unpaired) electrons. The van der Waals surface area contributed by atoms with E-state index in [1.165, 1.54) is 19.2 Å². The van der Waals surface area contributed by atoms with E-state index in [-0.39, 0.29) is 38.0 Å². The van der Waals surface area contributed by atoms with Gasteiger partial charge in [0.2, 0.25) is 5.90 Å². The Bertz CT molecular complexity index is 621. The Balaban J connectivity index is 0.00000312. The van der Waals surface area contributed by atoms with Crippen LogP contribution in [0.25, 0.3) is 0 Å². The summed E-state index contributed by atoms with van der Waals surface area (Å²) in [5.41, 5.74) is -1.44. The number of aliphatic imine (C=N–C) groups is 1. The molecule has 1 atom stereocenters. The van der Waals surface area contributed by atoms with E-state index >= 15 is 0 Å². The van der Waals surface area contributed by atoms with Crippen LogP contribution in [-0.4, -0.2) is 67.6 Å². The highest BCUT2D eigenvalue weighted by Crippen LogP contribution is 2.27. The van der Waals surface area contributed by atoms with Gasteiger partial charge < -0.3 is 34.0 Å². The largest absolute Gasteiger partial charge is 0.547 e. The highest BCUT2D eigenvalue weighted by molar-refractivity contribution is 5.98. The minimum atomic E-state index is -1.49. The number of methoxy groups -OCH3 is 1. The molecular weight excluding hydrogens is 332 g/mol. The fourth-order valence-corrected chi connectivity index (χ4v) is 1.86. The second kappa shape index (κ2) is 9.19. The summed E-state index contributed by atoms with van der Waals surface area (Å²) >= 11 is 0. The van der Waals surface area contributed by atoms with Crippen LogP contribution in [0.5, 0.6) is 11.5 Å². The molecule has 1 aliphatic heterocycles. The Morgan fingerprint density at radius 3 is 2.72 bits per heavy atom. The summed E-state index contributed by atoms with van der Waals surface area (Å²) in [7, 11) is 1.59. The number of rotatable bonds is 9. The van der Waals surface area contributed by atoms with Gasteiger partial charge in [-0.15, -0.1) is 0 Å². The Hall–Kier alpha value is -2.39.